The predicted octanol–water partition coefficient (Wildman–Crippen LogP) is 3.34. The number of nitrogens with one attached hydrogen (secondary N) is 1. The number of urea groups is 1. The number of carbonyl (C=O) groups is 2. The van der Waals surface area contributed by atoms with Crippen LogP contribution in [0.25, 0.3) is 10.9 Å². The van der Waals surface area contributed by atoms with Crippen molar-refractivity contribution in [3.63, 3.8) is 0 Å². The molecule has 166 valence electrons. The van der Waals surface area contributed by atoms with Crippen molar-refractivity contribution in [2.45, 2.75) is 25.3 Å². The van der Waals surface area contributed by atoms with Crippen LogP contribution in [0.3, 0.4) is 0 Å². The van der Waals surface area contributed by atoms with Crippen molar-refractivity contribution in [1.29, 1.82) is 0 Å². The number of hydrogen-bond acceptors (Lipinski definition) is 5. The Labute approximate surface area is 187 Å². The second kappa shape index (κ2) is 9.60. The van der Waals surface area contributed by atoms with Crippen molar-refractivity contribution in [1.82, 2.24) is 20.1 Å². The summed E-state index contributed by atoms with van der Waals surface area (Å²) in [6.07, 6.45) is 3.97. The molecule has 0 bridgehead atoms. The smallest absolute Gasteiger partial charge is 0.409 e. The Morgan fingerprint density at radius 1 is 1.06 bits per heavy atom. The number of aromatic nitrogens is 1. The van der Waals surface area contributed by atoms with Crippen molar-refractivity contribution in [3.05, 3.63) is 35.5 Å². The Morgan fingerprint density at radius 2 is 1.87 bits per heavy atom. The van der Waals surface area contributed by atoms with Gasteiger partial charge in [-0.2, -0.15) is 0 Å². The Bertz CT molecular complexity index is 948. The molecule has 3 amide bonds. The quantitative estimate of drug-likeness (QED) is 0.767. The average molecular weight is 446 g/mol. The third kappa shape index (κ3) is 4.95. The number of ether oxygens (including phenoxy) is 1. The van der Waals surface area contributed by atoms with E-state index in [0.717, 1.165) is 48.9 Å². The Hall–Kier alpha value is -2.74. The fraction of sp³-hybridized carbons (Fsp3) is 0.500. The lowest BCUT2D eigenvalue weighted by Gasteiger charge is -2.37. The summed E-state index contributed by atoms with van der Waals surface area (Å²) in [7, 11) is 1.40. The Kier molecular flexibility index (Phi) is 6.65. The predicted molar refractivity (Wildman–Crippen MR) is 121 cm³/mol. The minimum atomic E-state index is -0.297. The zero-order chi connectivity index (χ0) is 21.8. The van der Waals surface area contributed by atoms with Gasteiger partial charge in [-0.25, -0.2) is 9.59 Å². The van der Waals surface area contributed by atoms with Crippen LogP contribution in [0.5, 0.6) is 0 Å². The SMILES string of the molecule is COC(=O)N1CCCC(NC(=O)N2CCN(c3ccnc4cc(Cl)ccc34)CC2)CC1. The molecule has 0 spiro atoms. The van der Waals surface area contributed by atoms with E-state index in [1.54, 1.807) is 11.1 Å². The third-order valence-electron chi connectivity index (χ3n) is 6.08. The fourth-order valence-corrected chi connectivity index (χ4v) is 4.52. The van der Waals surface area contributed by atoms with Crippen molar-refractivity contribution >= 4 is 40.3 Å². The molecule has 1 unspecified atom stereocenters. The maximum absolute atomic E-state index is 12.8. The van der Waals surface area contributed by atoms with E-state index in [1.807, 2.05) is 29.2 Å². The van der Waals surface area contributed by atoms with E-state index in [2.05, 4.69) is 15.2 Å². The highest BCUT2D eigenvalue weighted by Gasteiger charge is 2.26. The van der Waals surface area contributed by atoms with E-state index >= 15 is 0 Å². The molecule has 0 aliphatic carbocycles. The maximum atomic E-state index is 12.8. The maximum Gasteiger partial charge on any atom is 0.409 e. The molecule has 0 saturated carbocycles. The molecular weight excluding hydrogens is 418 g/mol. The number of likely N-dealkylation sites (tertiary alicyclic amines) is 1. The van der Waals surface area contributed by atoms with Crippen molar-refractivity contribution in [3.8, 4) is 0 Å². The van der Waals surface area contributed by atoms with Crippen LogP contribution in [0.1, 0.15) is 19.3 Å². The average Bonchev–Trinajstić information content (AvgIpc) is 3.03. The van der Waals surface area contributed by atoms with Gasteiger partial charge in [0.05, 0.1) is 12.6 Å². The number of amides is 3. The highest BCUT2D eigenvalue weighted by atomic mass is 35.5. The van der Waals surface area contributed by atoms with Crippen LogP contribution in [-0.2, 0) is 4.74 Å². The van der Waals surface area contributed by atoms with Gasteiger partial charge in [0.2, 0.25) is 0 Å². The number of nitrogens with zero attached hydrogens (tertiary/aromatic N) is 4. The summed E-state index contributed by atoms with van der Waals surface area (Å²) < 4.78 is 4.81. The van der Waals surface area contributed by atoms with Gasteiger partial charge in [-0.3, -0.25) is 4.98 Å². The van der Waals surface area contributed by atoms with Gasteiger partial charge < -0.3 is 24.8 Å². The van der Waals surface area contributed by atoms with E-state index in [1.165, 1.54) is 7.11 Å². The first-order chi connectivity index (χ1) is 15.0. The molecule has 31 heavy (non-hydrogen) atoms. The van der Waals surface area contributed by atoms with Crippen LogP contribution in [-0.4, -0.2) is 79.3 Å². The summed E-state index contributed by atoms with van der Waals surface area (Å²) in [5, 5.41) is 4.90. The molecule has 8 nitrogen and oxygen atoms in total. The number of methoxy groups -OCH3 is 1. The molecule has 2 aliphatic rings. The molecule has 2 aromatic rings. The number of piperazine rings is 1. The van der Waals surface area contributed by atoms with E-state index in [0.29, 0.717) is 31.2 Å². The molecule has 1 atom stereocenters. The van der Waals surface area contributed by atoms with Crippen molar-refractivity contribution < 1.29 is 14.3 Å². The molecule has 2 fully saturated rings. The fourth-order valence-electron chi connectivity index (χ4n) is 4.35. The molecule has 4 rings (SSSR count). The van der Waals surface area contributed by atoms with Crippen LogP contribution in [0.2, 0.25) is 5.02 Å². The summed E-state index contributed by atoms with van der Waals surface area (Å²) in [6.45, 7) is 4.10. The number of hydrogen-bond donors (Lipinski definition) is 1. The van der Waals surface area contributed by atoms with Gasteiger partial charge >= 0.3 is 12.1 Å². The molecule has 1 aromatic carbocycles. The standard InChI is InChI=1S/C22H28ClN5O3/c1-31-22(30)28-9-2-3-17(7-10-28)25-21(29)27-13-11-26(12-14-27)20-6-8-24-19-15-16(23)4-5-18(19)20/h4-6,8,15,17H,2-3,7,9-14H2,1H3,(H,25,29). The number of rotatable bonds is 2. The zero-order valence-electron chi connectivity index (χ0n) is 17.7. The first-order valence-electron chi connectivity index (χ1n) is 10.7. The topological polar surface area (TPSA) is 78.0 Å². The lowest BCUT2D eigenvalue weighted by atomic mass is 10.1. The van der Waals surface area contributed by atoms with E-state index in [4.69, 9.17) is 16.3 Å². The third-order valence-corrected chi connectivity index (χ3v) is 6.31. The summed E-state index contributed by atoms with van der Waals surface area (Å²) in [6, 6.07) is 7.83. The lowest BCUT2D eigenvalue weighted by Crippen LogP contribution is -2.53. The van der Waals surface area contributed by atoms with Crippen LogP contribution < -0.4 is 10.2 Å². The minimum Gasteiger partial charge on any atom is -0.453 e. The molecule has 1 aromatic heterocycles. The number of benzene rings is 1. The summed E-state index contributed by atoms with van der Waals surface area (Å²) in [5.41, 5.74) is 1.99. The molecule has 9 heteroatoms. The zero-order valence-corrected chi connectivity index (χ0v) is 18.5. The van der Waals surface area contributed by atoms with Gasteiger partial charge in [-0.15, -0.1) is 0 Å². The van der Waals surface area contributed by atoms with Crippen LogP contribution in [0.15, 0.2) is 30.5 Å². The van der Waals surface area contributed by atoms with Crippen LogP contribution >= 0.6 is 11.6 Å². The number of fused-ring (bicyclic) bond motifs is 1. The van der Waals surface area contributed by atoms with Gasteiger partial charge in [0.25, 0.3) is 0 Å². The summed E-state index contributed by atoms with van der Waals surface area (Å²) in [4.78, 5) is 34.8. The van der Waals surface area contributed by atoms with Gasteiger partial charge in [-0.1, -0.05) is 11.6 Å². The highest BCUT2D eigenvalue weighted by Crippen LogP contribution is 2.28. The highest BCUT2D eigenvalue weighted by molar-refractivity contribution is 6.31. The van der Waals surface area contributed by atoms with Crippen molar-refractivity contribution in [2.24, 2.45) is 0 Å². The second-order valence-corrected chi connectivity index (χ2v) is 8.44. The molecular formula is C22H28ClN5O3. The van der Waals surface area contributed by atoms with E-state index in [-0.39, 0.29) is 18.2 Å². The number of carbonyl (C=O) groups excluding carboxylic acids is 2. The molecule has 1 N–H and O–H groups in total. The molecule has 0 radical (unpaired) electrons. The minimum absolute atomic E-state index is 0.0254. The van der Waals surface area contributed by atoms with Gasteiger partial charge in [0.15, 0.2) is 0 Å². The number of halogens is 1. The summed E-state index contributed by atoms with van der Waals surface area (Å²) in [5.74, 6) is 0. The van der Waals surface area contributed by atoms with Crippen LogP contribution in [0, 0.1) is 0 Å². The molecule has 2 aliphatic heterocycles. The monoisotopic (exact) mass is 445 g/mol. The van der Waals surface area contributed by atoms with Crippen LogP contribution in [0.4, 0.5) is 15.3 Å². The first-order valence-corrected chi connectivity index (χ1v) is 11.1. The normalized spacial score (nSPS) is 19.8. The molecule has 3 heterocycles. The Morgan fingerprint density at radius 3 is 2.65 bits per heavy atom. The van der Waals surface area contributed by atoms with Gasteiger partial charge in [0.1, 0.15) is 0 Å². The van der Waals surface area contributed by atoms with Gasteiger partial charge in [-0.05, 0) is 43.5 Å². The second-order valence-electron chi connectivity index (χ2n) is 8.00. The van der Waals surface area contributed by atoms with Gasteiger partial charge in [0, 0.05) is 67.6 Å². The van der Waals surface area contributed by atoms with Crippen molar-refractivity contribution in [2.75, 3.05) is 51.3 Å². The Balaban J connectivity index is 1.32. The summed E-state index contributed by atoms with van der Waals surface area (Å²) >= 11 is 6.10. The first kappa shape index (κ1) is 21.5. The largest absolute Gasteiger partial charge is 0.453 e. The van der Waals surface area contributed by atoms with E-state index in [9.17, 15) is 9.59 Å². The molecule has 2 saturated heterocycles. The number of anilines is 1. The lowest BCUT2D eigenvalue weighted by molar-refractivity contribution is 0.125. The number of pyridine rings is 1. The van der Waals surface area contributed by atoms with E-state index < -0.39 is 0 Å².